The molecule has 0 aliphatic carbocycles. The lowest BCUT2D eigenvalue weighted by Gasteiger charge is -2.26. The van der Waals surface area contributed by atoms with Crippen molar-refractivity contribution in [2.75, 3.05) is 51.3 Å². The largest absolute Gasteiger partial charge is 0.484 e. The highest BCUT2D eigenvalue weighted by molar-refractivity contribution is 7.89. The smallest absolute Gasteiger partial charge is 0.257 e. The van der Waals surface area contributed by atoms with Crippen LogP contribution in [0.4, 0.5) is 5.69 Å². The van der Waals surface area contributed by atoms with Crippen molar-refractivity contribution < 1.29 is 22.7 Å². The molecule has 1 fully saturated rings. The number of nitrogens with one attached hydrogen (secondary N) is 2. The summed E-state index contributed by atoms with van der Waals surface area (Å²) in [6, 6.07) is 13.6. The van der Waals surface area contributed by atoms with Gasteiger partial charge in [-0.3, -0.25) is 9.78 Å². The van der Waals surface area contributed by atoms with E-state index in [0.29, 0.717) is 50.2 Å². The third kappa shape index (κ3) is 6.61. The molecular weight excluding hydrogens is 492 g/mol. The van der Waals surface area contributed by atoms with Gasteiger partial charge in [-0.05, 0) is 55.0 Å². The highest BCUT2D eigenvalue weighted by Crippen LogP contribution is 2.24. The molecule has 2 aromatic carbocycles. The number of morpholine rings is 1. The van der Waals surface area contributed by atoms with Gasteiger partial charge >= 0.3 is 0 Å². The van der Waals surface area contributed by atoms with Crippen LogP contribution in [-0.2, 0) is 19.6 Å². The molecule has 0 radical (unpaired) electrons. The molecule has 35 heavy (non-hydrogen) atoms. The van der Waals surface area contributed by atoms with Gasteiger partial charge in [0.1, 0.15) is 5.75 Å². The minimum absolute atomic E-state index is 0.154. The third-order valence-electron chi connectivity index (χ3n) is 5.50. The lowest BCUT2D eigenvalue weighted by molar-refractivity contribution is -0.123. The van der Waals surface area contributed by atoms with E-state index in [1.165, 1.54) is 16.4 Å². The Bertz CT molecular complexity index is 1260. The van der Waals surface area contributed by atoms with E-state index in [2.05, 4.69) is 15.6 Å². The van der Waals surface area contributed by atoms with E-state index in [4.69, 9.17) is 21.1 Å². The van der Waals surface area contributed by atoms with Crippen LogP contribution >= 0.6 is 11.6 Å². The van der Waals surface area contributed by atoms with Crippen molar-refractivity contribution in [3.63, 3.8) is 0 Å². The number of aromatic nitrogens is 1. The summed E-state index contributed by atoms with van der Waals surface area (Å²) < 4.78 is 37.4. The fourth-order valence-corrected chi connectivity index (χ4v) is 5.23. The normalized spacial score (nSPS) is 14.5. The van der Waals surface area contributed by atoms with Gasteiger partial charge in [0, 0.05) is 48.5 Å². The molecule has 0 unspecified atom stereocenters. The number of hydrogen-bond donors (Lipinski definition) is 2. The second-order valence-electron chi connectivity index (χ2n) is 7.93. The highest BCUT2D eigenvalue weighted by atomic mass is 35.5. The van der Waals surface area contributed by atoms with Gasteiger partial charge in [-0.25, -0.2) is 8.42 Å². The maximum Gasteiger partial charge on any atom is 0.257 e. The van der Waals surface area contributed by atoms with Crippen LogP contribution in [0.1, 0.15) is 6.42 Å². The Morgan fingerprint density at radius 3 is 2.63 bits per heavy atom. The van der Waals surface area contributed by atoms with Gasteiger partial charge in [-0.15, -0.1) is 0 Å². The van der Waals surface area contributed by atoms with E-state index in [-0.39, 0.29) is 17.4 Å². The van der Waals surface area contributed by atoms with Crippen molar-refractivity contribution in [3.8, 4) is 5.75 Å². The summed E-state index contributed by atoms with van der Waals surface area (Å²) >= 11 is 6.02. The van der Waals surface area contributed by atoms with Gasteiger partial charge in [0.25, 0.3) is 5.91 Å². The van der Waals surface area contributed by atoms with E-state index >= 15 is 0 Å². The number of rotatable bonds is 10. The summed E-state index contributed by atoms with van der Waals surface area (Å²) in [7, 11) is -3.56. The molecule has 1 aliphatic heterocycles. The molecule has 1 amide bonds. The van der Waals surface area contributed by atoms with Gasteiger partial charge in [0.15, 0.2) is 6.61 Å². The zero-order chi connectivity index (χ0) is 24.7. The molecule has 9 nitrogen and oxygen atoms in total. The Balaban J connectivity index is 1.17. The average molecular weight is 519 g/mol. The Hall–Kier alpha value is -2.92. The first-order valence-electron chi connectivity index (χ1n) is 11.3. The first kappa shape index (κ1) is 25.2. The zero-order valence-electron chi connectivity index (χ0n) is 19.1. The van der Waals surface area contributed by atoms with Crippen LogP contribution in [0.3, 0.4) is 0 Å². The van der Waals surface area contributed by atoms with Gasteiger partial charge < -0.3 is 20.1 Å². The molecule has 3 aromatic rings. The fourth-order valence-electron chi connectivity index (χ4n) is 3.66. The molecule has 0 bridgehead atoms. The number of amides is 1. The van der Waals surface area contributed by atoms with Crippen LogP contribution in [0, 0.1) is 0 Å². The standard InChI is InChI=1S/C24H27ClN4O5S/c25-18-2-7-21-22(8-11-27-23(21)16-18)26-9-1-10-28-24(30)17-34-19-3-5-20(6-4-19)35(31,32)29-12-14-33-15-13-29/h2-8,11,16H,1,9-10,12-15,17H2,(H,26,27)(H,28,30). The summed E-state index contributed by atoms with van der Waals surface area (Å²) in [4.78, 5) is 16.6. The van der Waals surface area contributed by atoms with Crippen LogP contribution in [0.25, 0.3) is 10.9 Å². The summed E-state index contributed by atoms with van der Waals surface area (Å²) in [5.41, 5.74) is 1.78. The number of anilines is 1. The molecule has 186 valence electrons. The molecule has 0 spiro atoms. The number of carbonyl (C=O) groups excluding carboxylic acids is 1. The first-order valence-corrected chi connectivity index (χ1v) is 13.1. The minimum atomic E-state index is -3.56. The number of fused-ring (bicyclic) bond motifs is 1. The minimum Gasteiger partial charge on any atom is -0.484 e. The first-order chi connectivity index (χ1) is 16.9. The van der Waals surface area contributed by atoms with Crippen molar-refractivity contribution >= 4 is 44.1 Å². The van der Waals surface area contributed by atoms with Gasteiger partial charge in [-0.2, -0.15) is 4.31 Å². The van der Waals surface area contributed by atoms with E-state index in [1.807, 2.05) is 24.3 Å². The van der Waals surface area contributed by atoms with E-state index in [9.17, 15) is 13.2 Å². The molecule has 0 saturated carbocycles. The number of halogens is 1. The Kier molecular flexibility index (Phi) is 8.40. The predicted molar refractivity (Wildman–Crippen MR) is 134 cm³/mol. The molecule has 11 heteroatoms. The summed E-state index contributed by atoms with van der Waals surface area (Å²) in [5.74, 6) is 0.173. The topological polar surface area (TPSA) is 110 Å². The lowest BCUT2D eigenvalue weighted by atomic mass is 10.2. The van der Waals surface area contributed by atoms with Crippen LogP contribution in [0.5, 0.6) is 5.75 Å². The summed E-state index contributed by atoms with van der Waals surface area (Å²) in [6.45, 7) is 2.46. The number of carbonyl (C=O) groups is 1. The molecule has 1 aromatic heterocycles. The van der Waals surface area contributed by atoms with E-state index < -0.39 is 10.0 Å². The molecule has 2 heterocycles. The van der Waals surface area contributed by atoms with Gasteiger partial charge in [0.05, 0.1) is 23.6 Å². The summed E-state index contributed by atoms with van der Waals surface area (Å²) in [6.07, 6.45) is 2.45. The predicted octanol–water partition coefficient (Wildman–Crippen LogP) is 2.91. The molecule has 1 aliphatic rings. The monoisotopic (exact) mass is 518 g/mol. The number of sulfonamides is 1. The van der Waals surface area contributed by atoms with Crippen molar-refractivity contribution in [1.29, 1.82) is 0 Å². The Morgan fingerprint density at radius 1 is 1.09 bits per heavy atom. The van der Waals surface area contributed by atoms with Gasteiger partial charge in [-0.1, -0.05) is 11.6 Å². The van der Waals surface area contributed by atoms with Crippen molar-refractivity contribution in [2.45, 2.75) is 11.3 Å². The van der Waals surface area contributed by atoms with Crippen molar-refractivity contribution in [2.24, 2.45) is 0 Å². The second-order valence-corrected chi connectivity index (χ2v) is 10.3. The lowest BCUT2D eigenvalue weighted by Crippen LogP contribution is -2.40. The maximum absolute atomic E-state index is 12.7. The van der Waals surface area contributed by atoms with Crippen LogP contribution in [0.15, 0.2) is 59.6 Å². The van der Waals surface area contributed by atoms with E-state index in [0.717, 1.165) is 23.0 Å². The number of hydrogen-bond acceptors (Lipinski definition) is 7. The van der Waals surface area contributed by atoms with Gasteiger partial charge in [0.2, 0.25) is 10.0 Å². The number of pyridine rings is 1. The fraction of sp³-hybridized carbons (Fsp3) is 0.333. The van der Waals surface area contributed by atoms with Crippen LogP contribution < -0.4 is 15.4 Å². The Morgan fingerprint density at radius 2 is 1.86 bits per heavy atom. The molecule has 1 saturated heterocycles. The Labute approximate surface area is 209 Å². The molecular formula is C24H27ClN4O5S. The van der Waals surface area contributed by atoms with Crippen LogP contribution in [0.2, 0.25) is 5.02 Å². The average Bonchev–Trinajstić information content (AvgIpc) is 2.88. The molecule has 4 rings (SSSR count). The number of nitrogens with zero attached hydrogens (tertiary/aromatic N) is 2. The second kappa shape index (κ2) is 11.7. The van der Waals surface area contributed by atoms with Crippen molar-refractivity contribution in [3.05, 3.63) is 59.8 Å². The SMILES string of the molecule is O=C(COc1ccc(S(=O)(=O)N2CCOCC2)cc1)NCCCNc1ccnc2cc(Cl)ccc12. The third-order valence-corrected chi connectivity index (χ3v) is 7.65. The zero-order valence-corrected chi connectivity index (χ0v) is 20.6. The maximum atomic E-state index is 12.7. The number of ether oxygens (including phenoxy) is 2. The quantitative estimate of drug-likeness (QED) is 0.397. The molecule has 2 N–H and O–H groups in total. The van der Waals surface area contributed by atoms with Crippen LogP contribution in [-0.4, -0.2) is 69.6 Å². The summed E-state index contributed by atoms with van der Waals surface area (Å²) in [5, 5.41) is 7.79. The molecule has 0 atom stereocenters. The van der Waals surface area contributed by atoms with Crippen molar-refractivity contribution in [1.82, 2.24) is 14.6 Å². The highest BCUT2D eigenvalue weighted by Gasteiger charge is 2.26. The number of benzene rings is 2. The van der Waals surface area contributed by atoms with E-state index in [1.54, 1.807) is 18.3 Å².